The van der Waals surface area contributed by atoms with Crippen molar-refractivity contribution in [1.82, 2.24) is 19.8 Å². The normalized spacial score (nSPS) is 11.7. The second-order valence-corrected chi connectivity index (χ2v) is 8.09. The van der Waals surface area contributed by atoms with Crippen LogP contribution in [0.2, 0.25) is 0 Å². The summed E-state index contributed by atoms with van der Waals surface area (Å²) in [5, 5.41) is 6.29. The van der Waals surface area contributed by atoms with E-state index in [4.69, 9.17) is 4.98 Å². The zero-order valence-electron chi connectivity index (χ0n) is 18.4. The topological polar surface area (TPSA) is 33.1 Å². The Morgan fingerprint density at radius 3 is 2.52 bits per heavy atom. The molecule has 0 saturated heterocycles. The highest BCUT2D eigenvalue weighted by molar-refractivity contribution is 6.08. The van der Waals surface area contributed by atoms with Crippen molar-refractivity contribution >= 4 is 34.2 Å². The highest BCUT2D eigenvalue weighted by Gasteiger charge is 2.15. The molecular weight excluding hydrogens is 380 g/mol. The molecule has 0 aliphatic rings. The molecule has 3 rings (SSSR count). The highest BCUT2D eigenvalue weighted by Crippen LogP contribution is 2.31. The summed E-state index contributed by atoms with van der Waals surface area (Å²) in [6.45, 7) is 15.4. The maximum absolute atomic E-state index is 4.75. The molecule has 2 aromatic heterocycles. The Balaban J connectivity index is 0.00000300. The highest BCUT2D eigenvalue weighted by atomic mass is 35.5. The van der Waals surface area contributed by atoms with Crippen molar-refractivity contribution in [3.8, 4) is 0 Å². The molecule has 4 nitrogen and oxygen atoms in total. The molecule has 5 heteroatoms. The van der Waals surface area contributed by atoms with Crippen LogP contribution in [0.4, 0.5) is 0 Å². The molecule has 1 aromatic carbocycles. The van der Waals surface area contributed by atoms with Crippen LogP contribution in [-0.2, 0) is 13.1 Å². The zero-order chi connectivity index (χ0) is 19.9. The van der Waals surface area contributed by atoms with Crippen molar-refractivity contribution in [3.05, 3.63) is 42.2 Å². The number of pyridine rings is 1. The van der Waals surface area contributed by atoms with Gasteiger partial charge in [0.1, 0.15) is 0 Å². The van der Waals surface area contributed by atoms with E-state index in [0.29, 0.717) is 5.92 Å². The van der Waals surface area contributed by atoms with Gasteiger partial charge in [0.05, 0.1) is 11.2 Å². The third-order valence-corrected chi connectivity index (χ3v) is 5.57. The van der Waals surface area contributed by atoms with Gasteiger partial charge in [0.25, 0.3) is 0 Å². The molecule has 1 N–H and O–H groups in total. The van der Waals surface area contributed by atoms with E-state index < -0.39 is 0 Å². The lowest BCUT2D eigenvalue weighted by molar-refractivity contribution is 0.296. The molecule has 29 heavy (non-hydrogen) atoms. The molecule has 0 aliphatic carbocycles. The van der Waals surface area contributed by atoms with Gasteiger partial charge < -0.3 is 14.8 Å². The summed E-state index contributed by atoms with van der Waals surface area (Å²) in [7, 11) is 0. The Bertz CT molecular complexity index is 883. The predicted molar refractivity (Wildman–Crippen MR) is 128 cm³/mol. The number of nitrogens with zero attached hydrogens (tertiary/aromatic N) is 3. The van der Waals surface area contributed by atoms with Crippen molar-refractivity contribution in [2.24, 2.45) is 5.92 Å². The molecule has 0 fully saturated rings. The van der Waals surface area contributed by atoms with Crippen LogP contribution in [0.3, 0.4) is 0 Å². The first-order chi connectivity index (χ1) is 13.7. The second kappa shape index (κ2) is 11.5. The van der Waals surface area contributed by atoms with Crippen LogP contribution >= 0.6 is 12.4 Å². The second-order valence-electron chi connectivity index (χ2n) is 8.09. The number of rotatable bonds is 11. The third kappa shape index (κ3) is 5.71. The van der Waals surface area contributed by atoms with E-state index in [0.717, 1.165) is 38.4 Å². The van der Waals surface area contributed by atoms with E-state index in [1.165, 1.54) is 41.2 Å². The number of fused-ring (bicyclic) bond motifs is 3. The summed E-state index contributed by atoms with van der Waals surface area (Å²) in [6, 6.07) is 10.9. The van der Waals surface area contributed by atoms with Crippen molar-refractivity contribution in [1.29, 1.82) is 0 Å². The maximum atomic E-state index is 4.75. The largest absolute Gasteiger partial charge is 0.339 e. The fourth-order valence-electron chi connectivity index (χ4n) is 4.09. The van der Waals surface area contributed by atoms with E-state index in [9.17, 15) is 0 Å². The van der Waals surface area contributed by atoms with Gasteiger partial charge >= 0.3 is 0 Å². The number of halogens is 1. The Hall–Kier alpha value is -1.62. The van der Waals surface area contributed by atoms with Gasteiger partial charge in [0.2, 0.25) is 0 Å². The summed E-state index contributed by atoms with van der Waals surface area (Å²) in [5.74, 6) is 0.597. The first-order valence-electron chi connectivity index (χ1n) is 10.9. The molecule has 2 heterocycles. The average molecular weight is 417 g/mol. The number of para-hydroxylation sites is 1. The monoisotopic (exact) mass is 416 g/mol. The SMILES string of the molecule is CCN(CC)CCCCNCc1nccc2c3ccccc3n(CC(C)C)c12.Cl. The van der Waals surface area contributed by atoms with E-state index in [2.05, 4.69) is 72.8 Å². The van der Waals surface area contributed by atoms with E-state index in [1.807, 2.05) is 6.20 Å². The van der Waals surface area contributed by atoms with Crippen molar-refractivity contribution in [2.45, 2.75) is 53.6 Å². The fourth-order valence-corrected chi connectivity index (χ4v) is 4.09. The number of benzene rings is 1. The van der Waals surface area contributed by atoms with Crippen molar-refractivity contribution in [3.63, 3.8) is 0 Å². The van der Waals surface area contributed by atoms with Crippen LogP contribution in [0.15, 0.2) is 36.5 Å². The minimum atomic E-state index is 0. The smallest absolute Gasteiger partial charge is 0.0784 e. The molecule has 0 amide bonds. The molecule has 160 valence electrons. The fraction of sp³-hybridized carbons (Fsp3) is 0.542. The molecule has 0 saturated carbocycles. The van der Waals surface area contributed by atoms with Gasteiger partial charge in [-0.15, -0.1) is 12.4 Å². The predicted octanol–water partition coefficient (Wildman–Crippen LogP) is 5.48. The molecular formula is C24H37ClN4. The van der Waals surface area contributed by atoms with Crippen LogP contribution in [0.25, 0.3) is 21.8 Å². The third-order valence-electron chi connectivity index (χ3n) is 5.57. The minimum Gasteiger partial charge on any atom is -0.339 e. The molecule has 0 unspecified atom stereocenters. The zero-order valence-corrected chi connectivity index (χ0v) is 19.3. The van der Waals surface area contributed by atoms with Crippen LogP contribution in [-0.4, -0.2) is 40.6 Å². The van der Waals surface area contributed by atoms with Crippen LogP contribution < -0.4 is 5.32 Å². The standard InChI is InChI=1S/C24H36N4.ClH/c1-5-27(6-2)16-10-9-14-25-17-22-24-21(13-15-26-22)20-11-7-8-12-23(20)28(24)18-19(3)4;/h7-8,11-13,15,19,25H,5-6,9-10,14,16-18H2,1-4H3;1H. The lowest BCUT2D eigenvalue weighted by atomic mass is 10.1. The van der Waals surface area contributed by atoms with E-state index in [1.54, 1.807) is 0 Å². The summed E-state index contributed by atoms with van der Waals surface area (Å²) >= 11 is 0. The van der Waals surface area contributed by atoms with Gasteiger partial charge in [0, 0.05) is 35.6 Å². The number of aromatic nitrogens is 2. The lowest BCUT2D eigenvalue weighted by Gasteiger charge is -2.17. The number of hydrogen-bond acceptors (Lipinski definition) is 3. The summed E-state index contributed by atoms with van der Waals surface area (Å²) in [5.41, 5.74) is 3.78. The lowest BCUT2D eigenvalue weighted by Crippen LogP contribution is -2.25. The Kier molecular flexibility index (Phi) is 9.41. The van der Waals surface area contributed by atoms with Gasteiger partial charge in [-0.1, -0.05) is 45.9 Å². The molecule has 3 aromatic rings. The molecule has 0 aliphatic heterocycles. The number of unbranched alkanes of at least 4 members (excludes halogenated alkanes) is 1. The molecule has 0 radical (unpaired) electrons. The molecule has 0 spiro atoms. The summed E-state index contributed by atoms with van der Waals surface area (Å²) in [4.78, 5) is 7.24. The number of hydrogen-bond donors (Lipinski definition) is 1. The Labute approximate surface area is 182 Å². The maximum Gasteiger partial charge on any atom is 0.0784 e. The van der Waals surface area contributed by atoms with Gasteiger partial charge in [-0.3, -0.25) is 4.98 Å². The minimum absolute atomic E-state index is 0. The van der Waals surface area contributed by atoms with Gasteiger partial charge in [-0.05, 0) is 57.1 Å². The van der Waals surface area contributed by atoms with Crippen molar-refractivity contribution < 1.29 is 0 Å². The number of nitrogens with one attached hydrogen (secondary N) is 1. The van der Waals surface area contributed by atoms with Gasteiger partial charge in [-0.25, -0.2) is 0 Å². The summed E-state index contributed by atoms with van der Waals surface area (Å²) in [6.07, 6.45) is 4.42. The first kappa shape index (κ1) is 23.7. The Morgan fingerprint density at radius 2 is 1.79 bits per heavy atom. The quantitative estimate of drug-likeness (QED) is 0.420. The van der Waals surface area contributed by atoms with Gasteiger partial charge in [0.15, 0.2) is 0 Å². The molecule has 0 bridgehead atoms. The van der Waals surface area contributed by atoms with E-state index >= 15 is 0 Å². The van der Waals surface area contributed by atoms with Crippen LogP contribution in [0.1, 0.15) is 46.2 Å². The first-order valence-corrected chi connectivity index (χ1v) is 10.9. The van der Waals surface area contributed by atoms with Gasteiger partial charge in [-0.2, -0.15) is 0 Å². The Morgan fingerprint density at radius 1 is 1.03 bits per heavy atom. The van der Waals surface area contributed by atoms with E-state index in [-0.39, 0.29) is 12.4 Å². The van der Waals surface area contributed by atoms with Crippen LogP contribution in [0.5, 0.6) is 0 Å². The summed E-state index contributed by atoms with van der Waals surface area (Å²) < 4.78 is 2.47. The van der Waals surface area contributed by atoms with Crippen LogP contribution in [0, 0.1) is 5.92 Å². The molecule has 0 atom stereocenters. The average Bonchev–Trinajstić information content (AvgIpc) is 3.02. The van der Waals surface area contributed by atoms with Crippen molar-refractivity contribution in [2.75, 3.05) is 26.2 Å².